The molecule has 7 heteroatoms. The first-order valence-electron chi connectivity index (χ1n) is 7.18. The molecule has 1 heterocycles. The summed E-state index contributed by atoms with van der Waals surface area (Å²) < 4.78 is 24.9. The molecule has 22 heavy (non-hydrogen) atoms. The van der Waals surface area contributed by atoms with Gasteiger partial charge in [0, 0.05) is 12.1 Å². The minimum absolute atomic E-state index is 0.153. The second-order valence-electron chi connectivity index (χ2n) is 5.48. The van der Waals surface area contributed by atoms with Crippen LogP contribution in [0.5, 0.6) is 0 Å². The molecule has 1 aromatic rings. The summed E-state index contributed by atoms with van der Waals surface area (Å²) in [5, 5.41) is 2.70. The van der Waals surface area contributed by atoms with Gasteiger partial charge in [-0.2, -0.15) is 4.31 Å². The molecule has 2 rings (SSSR count). The van der Waals surface area contributed by atoms with Crippen LogP contribution in [-0.4, -0.2) is 43.3 Å². The summed E-state index contributed by atoms with van der Waals surface area (Å²) in [5.41, 5.74) is 0.830. The van der Waals surface area contributed by atoms with Crippen molar-refractivity contribution in [1.82, 2.24) is 4.31 Å². The monoisotopic (exact) mass is 324 g/mol. The van der Waals surface area contributed by atoms with Gasteiger partial charge in [0.05, 0.1) is 11.9 Å². The lowest BCUT2D eigenvalue weighted by molar-refractivity contribution is -0.120. The molecule has 0 radical (unpaired) electrons. The minimum atomic E-state index is -3.43. The number of ketones is 1. The minimum Gasteiger partial charge on any atom is -0.324 e. The lowest BCUT2D eigenvalue weighted by Crippen LogP contribution is -2.49. The van der Waals surface area contributed by atoms with Gasteiger partial charge in [-0.15, -0.1) is 0 Å². The summed E-state index contributed by atoms with van der Waals surface area (Å²) in [4.78, 5) is 24.1. The van der Waals surface area contributed by atoms with E-state index in [1.54, 1.807) is 24.3 Å². The van der Waals surface area contributed by atoms with Crippen molar-refractivity contribution in [3.8, 4) is 0 Å². The van der Waals surface area contributed by atoms with Gasteiger partial charge in [-0.1, -0.05) is 18.6 Å². The number of benzene rings is 1. The van der Waals surface area contributed by atoms with Crippen LogP contribution in [0, 0.1) is 0 Å². The summed E-state index contributed by atoms with van der Waals surface area (Å²) >= 11 is 0. The van der Waals surface area contributed by atoms with E-state index in [-0.39, 0.29) is 11.7 Å². The van der Waals surface area contributed by atoms with E-state index >= 15 is 0 Å². The van der Waals surface area contributed by atoms with Gasteiger partial charge in [-0.3, -0.25) is 9.59 Å². The highest BCUT2D eigenvalue weighted by Crippen LogP contribution is 2.22. The zero-order chi connectivity index (χ0) is 16.3. The molecule has 0 spiro atoms. The van der Waals surface area contributed by atoms with E-state index < -0.39 is 16.1 Å². The summed E-state index contributed by atoms with van der Waals surface area (Å²) in [6, 6.07) is 5.99. The van der Waals surface area contributed by atoms with E-state index in [4.69, 9.17) is 0 Å². The summed E-state index contributed by atoms with van der Waals surface area (Å²) in [6.45, 7) is 1.78. The Labute approximate surface area is 130 Å². The molecule has 1 amide bonds. The molecule has 1 atom stereocenters. The molecule has 1 N–H and O–H groups in total. The SMILES string of the molecule is CC(=O)c1ccccc1NC(=O)C1CCCCN1S(C)(=O)=O. The molecule has 6 nitrogen and oxygen atoms in total. The van der Waals surface area contributed by atoms with Crippen molar-refractivity contribution >= 4 is 27.4 Å². The quantitative estimate of drug-likeness (QED) is 0.854. The molecule has 0 saturated carbocycles. The molecule has 1 aromatic carbocycles. The largest absolute Gasteiger partial charge is 0.324 e. The van der Waals surface area contributed by atoms with Gasteiger partial charge in [-0.25, -0.2) is 8.42 Å². The lowest BCUT2D eigenvalue weighted by atomic mass is 10.0. The number of para-hydroxylation sites is 1. The highest BCUT2D eigenvalue weighted by atomic mass is 32.2. The number of rotatable bonds is 4. The average Bonchev–Trinajstić information content (AvgIpc) is 2.46. The Kier molecular flexibility index (Phi) is 4.97. The number of hydrogen-bond donors (Lipinski definition) is 1. The van der Waals surface area contributed by atoms with Crippen LogP contribution in [0.4, 0.5) is 5.69 Å². The fourth-order valence-electron chi connectivity index (χ4n) is 2.68. The van der Waals surface area contributed by atoms with Crippen molar-refractivity contribution in [3.05, 3.63) is 29.8 Å². The van der Waals surface area contributed by atoms with Gasteiger partial charge < -0.3 is 5.32 Å². The van der Waals surface area contributed by atoms with Crippen molar-refractivity contribution in [1.29, 1.82) is 0 Å². The van der Waals surface area contributed by atoms with Crippen LogP contribution < -0.4 is 5.32 Å². The van der Waals surface area contributed by atoms with Crippen LogP contribution in [0.1, 0.15) is 36.5 Å². The number of nitrogens with zero attached hydrogens (tertiary/aromatic N) is 1. The topological polar surface area (TPSA) is 83.6 Å². The van der Waals surface area contributed by atoms with Crippen molar-refractivity contribution < 1.29 is 18.0 Å². The first-order valence-corrected chi connectivity index (χ1v) is 9.03. The fourth-order valence-corrected chi connectivity index (χ4v) is 3.80. The van der Waals surface area contributed by atoms with Crippen molar-refractivity contribution in [2.24, 2.45) is 0 Å². The molecule has 1 fully saturated rings. The molecule has 0 aliphatic carbocycles. The van der Waals surface area contributed by atoms with Gasteiger partial charge in [0.25, 0.3) is 0 Å². The second kappa shape index (κ2) is 6.58. The first kappa shape index (κ1) is 16.6. The molecule has 0 aromatic heterocycles. The predicted molar refractivity (Wildman–Crippen MR) is 84.3 cm³/mol. The van der Waals surface area contributed by atoms with E-state index in [9.17, 15) is 18.0 Å². The Morgan fingerprint density at radius 1 is 1.23 bits per heavy atom. The molecule has 1 unspecified atom stereocenters. The van der Waals surface area contributed by atoms with Gasteiger partial charge in [-0.05, 0) is 31.9 Å². The third-order valence-electron chi connectivity index (χ3n) is 3.75. The number of amides is 1. The lowest BCUT2D eigenvalue weighted by Gasteiger charge is -2.32. The number of carbonyl (C=O) groups excluding carboxylic acids is 2. The normalized spacial score (nSPS) is 19.6. The highest BCUT2D eigenvalue weighted by molar-refractivity contribution is 7.88. The van der Waals surface area contributed by atoms with E-state index in [0.717, 1.165) is 19.1 Å². The maximum atomic E-state index is 12.5. The Hall–Kier alpha value is -1.73. The number of Topliss-reactive ketones (excluding diaryl/α,β-unsaturated/α-hetero) is 1. The average molecular weight is 324 g/mol. The molecule has 1 aliphatic heterocycles. The summed E-state index contributed by atoms with van der Waals surface area (Å²) in [5.74, 6) is -0.543. The van der Waals surface area contributed by atoms with E-state index in [1.165, 1.54) is 11.2 Å². The van der Waals surface area contributed by atoms with Gasteiger partial charge >= 0.3 is 0 Å². The zero-order valence-corrected chi connectivity index (χ0v) is 13.5. The third-order valence-corrected chi connectivity index (χ3v) is 5.04. The van der Waals surface area contributed by atoms with Crippen LogP contribution in [0.2, 0.25) is 0 Å². The van der Waals surface area contributed by atoms with Crippen LogP contribution in [0.15, 0.2) is 24.3 Å². The van der Waals surface area contributed by atoms with Gasteiger partial charge in [0.1, 0.15) is 6.04 Å². The summed E-state index contributed by atoms with van der Waals surface area (Å²) in [7, 11) is -3.43. The van der Waals surface area contributed by atoms with E-state index in [2.05, 4.69) is 5.32 Å². The number of hydrogen-bond acceptors (Lipinski definition) is 4. The number of nitrogens with one attached hydrogen (secondary N) is 1. The van der Waals surface area contributed by atoms with E-state index in [1.807, 2.05) is 0 Å². The van der Waals surface area contributed by atoms with Gasteiger partial charge in [0.15, 0.2) is 5.78 Å². The Balaban J connectivity index is 2.23. The molecule has 1 saturated heterocycles. The third kappa shape index (κ3) is 3.72. The maximum Gasteiger partial charge on any atom is 0.242 e. The van der Waals surface area contributed by atoms with Crippen molar-refractivity contribution in [2.75, 3.05) is 18.1 Å². The Morgan fingerprint density at radius 3 is 2.55 bits per heavy atom. The predicted octanol–water partition coefficient (Wildman–Crippen LogP) is 1.64. The Morgan fingerprint density at radius 2 is 1.91 bits per heavy atom. The standard InChI is InChI=1S/C15H20N2O4S/c1-11(18)12-7-3-4-8-13(12)16-15(19)14-9-5-6-10-17(14)22(2,20)21/h3-4,7-8,14H,5-6,9-10H2,1-2H3,(H,16,19). The Bertz CT molecular complexity index is 685. The molecular formula is C15H20N2O4S. The molecule has 1 aliphatic rings. The fraction of sp³-hybridized carbons (Fsp3) is 0.467. The van der Waals surface area contributed by atoms with Crippen LogP contribution in [0.3, 0.4) is 0 Å². The smallest absolute Gasteiger partial charge is 0.242 e. The van der Waals surface area contributed by atoms with E-state index in [0.29, 0.717) is 24.2 Å². The number of sulfonamides is 1. The number of anilines is 1. The van der Waals surface area contributed by atoms with Crippen LogP contribution >= 0.6 is 0 Å². The summed E-state index contributed by atoms with van der Waals surface area (Å²) in [6.07, 6.45) is 3.16. The van der Waals surface area contributed by atoms with Crippen LogP contribution in [0.25, 0.3) is 0 Å². The highest BCUT2D eigenvalue weighted by Gasteiger charge is 2.34. The second-order valence-corrected chi connectivity index (χ2v) is 7.41. The number of carbonyl (C=O) groups is 2. The van der Waals surface area contributed by atoms with Crippen molar-refractivity contribution in [2.45, 2.75) is 32.2 Å². The van der Waals surface area contributed by atoms with Crippen LogP contribution in [-0.2, 0) is 14.8 Å². The first-order chi connectivity index (χ1) is 10.3. The molecule has 0 bridgehead atoms. The van der Waals surface area contributed by atoms with Gasteiger partial charge in [0.2, 0.25) is 15.9 Å². The maximum absolute atomic E-state index is 12.5. The molecule has 120 valence electrons. The zero-order valence-electron chi connectivity index (χ0n) is 12.7. The van der Waals surface area contributed by atoms with Crippen molar-refractivity contribution in [3.63, 3.8) is 0 Å². The number of piperidine rings is 1. The molecular weight excluding hydrogens is 304 g/mol.